The molecule has 0 radical (unpaired) electrons. The Hall–Kier alpha value is -3.86. The smallest absolute Gasteiger partial charge is 1.00 e. The van der Waals surface area contributed by atoms with Gasteiger partial charge in [-0.05, 0) is 48.4 Å². The van der Waals surface area contributed by atoms with E-state index in [0.29, 0.717) is 34.1 Å². The van der Waals surface area contributed by atoms with Crippen LogP contribution in [0.1, 0.15) is 38.9 Å². The first-order valence-electron chi connectivity index (χ1n) is 11.8. The van der Waals surface area contributed by atoms with Crippen LogP contribution in [0, 0.1) is 6.92 Å². The summed E-state index contributed by atoms with van der Waals surface area (Å²) < 4.78 is 5.47. The molecule has 1 unspecified atom stereocenters. The van der Waals surface area contributed by atoms with Crippen LogP contribution in [0.5, 0.6) is 5.75 Å². The average Bonchev–Trinajstić information content (AvgIpc) is 2.85. The van der Waals surface area contributed by atoms with E-state index in [4.69, 9.17) is 4.74 Å². The number of nitrogens with one attached hydrogen (secondary N) is 3. The number of methoxy groups -OCH3 is 1. The molecule has 3 rings (SSSR count). The maximum absolute atomic E-state index is 12.6. The number of carboxylic acid groups (broad SMARTS) is 1. The molecule has 11 heteroatoms. The van der Waals surface area contributed by atoms with Crippen molar-refractivity contribution in [1.29, 1.82) is 0 Å². The molecule has 3 aromatic carbocycles. The zero-order valence-corrected chi connectivity index (χ0v) is 24.6. The molecule has 0 aromatic heterocycles. The molecule has 4 amide bonds. The third-order valence-electron chi connectivity index (χ3n) is 5.71. The minimum Gasteiger partial charge on any atom is -1.00 e. The van der Waals surface area contributed by atoms with Crippen LogP contribution in [0.4, 0.5) is 27.5 Å². The second-order valence-electron chi connectivity index (χ2n) is 8.58. The summed E-state index contributed by atoms with van der Waals surface area (Å²) in [4.78, 5) is 49.4. The number of amides is 4. The molecule has 0 spiro atoms. The number of para-hydroxylation sites is 1. The van der Waals surface area contributed by atoms with Crippen LogP contribution >= 0.6 is 0 Å². The van der Waals surface area contributed by atoms with Crippen molar-refractivity contribution < 1.29 is 60.0 Å². The molecule has 0 aliphatic carbocycles. The van der Waals surface area contributed by atoms with Crippen molar-refractivity contribution in [3.63, 3.8) is 0 Å². The number of benzene rings is 3. The summed E-state index contributed by atoms with van der Waals surface area (Å²) in [6.45, 7) is 4.62. The van der Waals surface area contributed by atoms with Gasteiger partial charge in [0.1, 0.15) is 5.75 Å². The SMILES string of the molecule is COc1cc(N(C(C)=O)c2ccc(C(CC(=O)O)NC(C)=O)cc2)ccc1NC(=O)Nc1ccccc1C.[H-].[Na+]. The molecular weight excluding hydrogens is 511 g/mol. The van der Waals surface area contributed by atoms with Crippen LogP contribution in [0.25, 0.3) is 0 Å². The molecule has 4 N–H and O–H groups in total. The monoisotopic (exact) mass is 542 g/mol. The third kappa shape index (κ3) is 8.57. The van der Waals surface area contributed by atoms with Crippen molar-refractivity contribution in [2.45, 2.75) is 33.2 Å². The van der Waals surface area contributed by atoms with Gasteiger partial charge in [-0.2, -0.15) is 0 Å². The largest absolute Gasteiger partial charge is 1.00 e. The van der Waals surface area contributed by atoms with Gasteiger partial charge in [0.15, 0.2) is 0 Å². The fourth-order valence-corrected chi connectivity index (χ4v) is 3.95. The first kappa shape index (κ1) is 31.4. The molecule has 0 saturated heterocycles. The number of carbonyl (C=O) groups is 4. The van der Waals surface area contributed by atoms with Crippen LogP contribution in [-0.2, 0) is 14.4 Å². The third-order valence-corrected chi connectivity index (χ3v) is 5.71. The van der Waals surface area contributed by atoms with Gasteiger partial charge in [0.05, 0.1) is 30.9 Å². The van der Waals surface area contributed by atoms with Crippen LogP contribution in [0.15, 0.2) is 66.7 Å². The Morgan fingerprint density at radius 1 is 0.923 bits per heavy atom. The molecule has 1 atom stereocenters. The zero-order valence-electron chi connectivity index (χ0n) is 23.6. The molecule has 0 heterocycles. The van der Waals surface area contributed by atoms with Gasteiger partial charge in [0.2, 0.25) is 11.8 Å². The Labute approximate surface area is 250 Å². The van der Waals surface area contributed by atoms with Gasteiger partial charge >= 0.3 is 41.6 Å². The number of hydrogen-bond donors (Lipinski definition) is 4. The number of ether oxygens (including phenoxy) is 1. The zero-order chi connectivity index (χ0) is 27.8. The first-order chi connectivity index (χ1) is 18.1. The van der Waals surface area contributed by atoms with Crippen molar-refractivity contribution >= 4 is 46.6 Å². The summed E-state index contributed by atoms with van der Waals surface area (Å²) in [5.41, 5.74) is 3.61. The maximum Gasteiger partial charge on any atom is 1.00 e. The topological polar surface area (TPSA) is 137 Å². The maximum atomic E-state index is 12.6. The normalized spacial score (nSPS) is 10.9. The molecular formula is C28H31N4NaO6. The van der Waals surface area contributed by atoms with Crippen LogP contribution < -0.4 is 55.1 Å². The van der Waals surface area contributed by atoms with Crippen LogP contribution in [-0.4, -0.2) is 36.0 Å². The van der Waals surface area contributed by atoms with E-state index in [-0.39, 0.29) is 49.2 Å². The van der Waals surface area contributed by atoms with Gasteiger partial charge in [-0.15, -0.1) is 0 Å². The summed E-state index contributed by atoms with van der Waals surface area (Å²) in [5.74, 6) is -1.33. The molecule has 0 bridgehead atoms. The van der Waals surface area contributed by atoms with E-state index >= 15 is 0 Å². The number of aryl methyl sites for hydroxylation is 1. The van der Waals surface area contributed by atoms with E-state index < -0.39 is 18.0 Å². The number of carbonyl (C=O) groups excluding carboxylic acids is 3. The van der Waals surface area contributed by atoms with Crippen LogP contribution in [0.2, 0.25) is 0 Å². The van der Waals surface area contributed by atoms with Gasteiger partial charge in [-0.1, -0.05) is 30.3 Å². The van der Waals surface area contributed by atoms with Crippen molar-refractivity contribution in [3.05, 3.63) is 77.9 Å². The number of hydrogen-bond acceptors (Lipinski definition) is 5. The van der Waals surface area contributed by atoms with Gasteiger partial charge in [-0.3, -0.25) is 19.3 Å². The summed E-state index contributed by atoms with van der Waals surface area (Å²) in [7, 11) is 1.46. The number of urea groups is 1. The molecule has 200 valence electrons. The van der Waals surface area contributed by atoms with Crippen molar-refractivity contribution in [2.75, 3.05) is 22.6 Å². The average molecular weight is 543 g/mol. The van der Waals surface area contributed by atoms with E-state index in [1.807, 2.05) is 25.1 Å². The van der Waals surface area contributed by atoms with E-state index in [1.54, 1.807) is 48.5 Å². The standard InChI is InChI=1S/C28H30N4O6.Na.H/c1-17-7-5-6-8-23(17)30-28(37)31-24-14-13-22(15-26(24)38-4)32(19(3)34)21-11-9-20(10-12-21)25(16-27(35)36)29-18(2)33;;/h5-15,25H,16H2,1-4H3,(H,29,33)(H,35,36)(H2,30,31,37);;/q;+1;-1. The Morgan fingerprint density at radius 2 is 1.54 bits per heavy atom. The Morgan fingerprint density at radius 3 is 2.10 bits per heavy atom. The minimum absolute atomic E-state index is 0. The first-order valence-corrected chi connectivity index (χ1v) is 11.8. The molecule has 39 heavy (non-hydrogen) atoms. The van der Waals surface area contributed by atoms with Gasteiger partial charge in [0.25, 0.3) is 0 Å². The fraction of sp³-hybridized carbons (Fsp3) is 0.214. The number of anilines is 4. The van der Waals surface area contributed by atoms with E-state index in [2.05, 4.69) is 16.0 Å². The van der Waals surface area contributed by atoms with Crippen molar-refractivity contribution in [3.8, 4) is 5.75 Å². The summed E-state index contributed by atoms with van der Waals surface area (Å²) in [6, 6.07) is 17.8. The number of carboxylic acids is 1. The Bertz CT molecular complexity index is 1340. The van der Waals surface area contributed by atoms with Crippen molar-refractivity contribution in [2.24, 2.45) is 0 Å². The van der Waals surface area contributed by atoms with E-state index in [9.17, 15) is 24.3 Å². The molecule has 0 aliphatic heterocycles. The predicted octanol–water partition coefficient (Wildman–Crippen LogP) is 2.10. The van der Waals surface area contributed by atoms with Gasteiger partial charge in [-0.25, -0.2) is 4.79 Å². The number of aliphatic carboxylic acids is 1. The van der Waals surface area contributed by atoms with Gasteiger partial charge in [0, 0.05) is 31.3 Å². The molecule has 0 fully saturated rings. The van der Waals surface area contributed by atoms with Gasteiger partial charge < -0.3 is 27.2 Å². The molecule has 10 nitrogen and oxygen atoms in total. The molecule has 0 saturated carbocycles. The second-order valence-corrected chi connectivity index (χ2v) is 8.58. The number of rotatable bonds is 9. The quantitative estimate of drug-likeness (QED) is 0.306. The van der Waals surface area contributed by atoms with Crippen molar-refractivity contribution in [1.82, 2.24) is 5.32 Å². The Balaban J connectivity index is 0.00000400. The predicted molar refractivity (Wildman–Crippen MR) is 146 cm³/mol. The summed E-state index contributed by atoms with van der Waals surface area (Å²) in [6.07, 6.45) is -0.279. The Kier molecular flexibility index (Phi) is 11.5. The summed E-state index contributed by atoms with van der Waals surface area (Å²) >= 11 is 0. The molecule has 0 aliphatic rings. The fourth-order valence-electron chi connectivity index (χ4n) is 3.95. The van der Waals surface area contributed by atoms with Crippen LogP contribution in [0.3, 0.4) is 0 Å². The second kappa shape index (κ2) is 14.3. The number of nitrogens with zero attached hydrogens (tertiary/aromatic N) is 1. The van der Waals surface area contributed by atoms with E-state index in [1.165, 1.54) is 25.9 Å². The minimum atomic E-state index is -1.05. The summed E-state index contributed by atoms with van der Waals surface area (Å²) in [5, 5.41) is 17.4. The van der Waals surface area contributed by atoms with E-state index in [0.717, 1.165) is 5.56 Å². The molecule has 3 aromatic rings.